The van der Waals surface area contributed by atoms with Crippen LogP contribution in [0.2, 0.25) is 0 Å². The average Bonchev–Trinajstić information content (AvgIpc) is 2.80. The van der Waals surface area contributed by atoms with Crippen molar-refractivity contribution in [2.24, 2.45) is 0 Å². The zero-order valence-electron chi connectivity index (χ0n) is 18.8. The Morgan fingerprint density at radius 1 is 0.618 bits per heavy atom. The van der Waals surface area contributed by atoms with Crippen molar-refractivity contribution in [3.8, 4) is 35.2 Å². The largest absolute Gasteiger partial charge is 1.00 e. The summed E-state index contributed by atoms with van der Waals surface area (Å²) in [6, 6.07) is 21.2. The molecule has 158 valence electrons. The number of aliphatic carboxylic acids is 2. The van der Waals surface area contributed by atoms with Crippen molar-refractivity contribution >= 4 is 11.9 Å². The third-order valence-corrected chi connectivity index (χ3v) is 4.00. The van der Waals surface area contributed by atoms with Crippen molar-refractivity contribution in [3.05, 3.63) is 95.1 Å². The number of carbonyl (C=O) groups is 2. The molecule has 0 aliphatic carbocycles. The fourth-order valence-corrected chi connectivity index (χ4v) is 2.59. The SMILES string of the molecule is O=C([O-])COc1cc(C#Cc2ccccc2)c(OCC(=O)[O-])cc1C#Cc1ccccc1.[Na+].[Na+]. The van der Waals surface area contributed by atoms with E-state index in [0.717, 1.165) is 11.1 Å². The van der Waals surface area contributed by atoms with Gasteiger partial charge < -0.3 is 29.3 Å². The molecule has 0 aliphatic heterocycles. The summed E-state index contributed by atoms with van der Waals surface area (Å²) >= 11 is 0. The molecule has 0 bridgehead atoms. The van der Waals surface area contributed by atoms with Crippen LogP contribution >= 0.6 is 0 Å². The molecular formula is C26H16Na2O6. The number of benzene rings is 3. The molecule has 3 aromatic rings. The standard InChI is InChI=1S/C26H18O6.2Na/c27-25(28)17-31-23-16-22(14-12-20-9-5-2-6-10-20)24(32-18-26(29)30)15-21(23)13-11-19-7-3-1-4-8-19;;/h1-10,15-16H,17-18H2,(H,27,28)(H,29,30);;/q;2*+1/p-2. The smallest absolute Gasteiger partial charge is 0.546 e. The van der Waals surface area contributed by atoms with E-state index in [-0.39, 0.29) is 70.6 Å². The van der Waals surface area contributed by atoms with Crippen molar-refractivity contribution < 1.29 is 88.4 Å². The molecule has 0 saturated heterocycles. The Hall–Kier alpha value is -2.68. The van der Waals surface area contributed by atoms with Gasteiger partial charge in [0, 0.05) is 23.3 Å². The van der Waals surface area contributed by atoms with Crippen molar-refractivity contribution in [2.45, 2.75) is 0 Å². The summed E-state index contributed by atoms with van der Waals surface area (Å²) in [5.41, 5.74) is 2.05. The topological polar surface area (TPSA) is 98.7 Å². The third kappa shape index (κ3) is 9.67. The maximum atomic E-state index is 10.9. The molecular weight excluding hydrogens is 454 g/mol. The van der Waals surface area contributed by atoms with Gasteiger partial charge in [0.15, 0.2) is 0 Å². The van der Waals surface area contributed by atoms with Crippen LogP contribution in [0.1, 0.15) is 22.3 Å². The minimum Gasteiger partial charge on any atom is -0.546 e. The van der Waals surface area contributed by atoms with Crippen molar-refractivity contribution in [1.29, 1.82) is 0 Å². The van der Waals surface area contributed by atoms with Crippen LogP contribution < -0.4 is 78.8 Å². The second-order valence-electron chi connectivity index (χ2n) is 6.40. The third-order valence-electron chi connectivity index (χ3n) is 4.00. The molecule has 0 spiro atoms. The molecule has 0 unspecified atom stereocenters. The number of ether oxygens (including phenoxy) is 2. The van der Waals surface area contributed by atoms with Gasteiger partial charge in [-0.1, -0.05) is 60.1 Å². The van der Waals surface area contributed by atoms with Gasteiger partial charge in [0.05, 0.1) is 23.1 Å². The van der Waals surface area contributed by atoms with Gasteiger partial charge >= 0.3 is 59.1 Å². The van der Waals surface area contributed by atoms with E-state index in [0.29, 0.717) is 11.1 Å². The molecule has 8 heteroatoms. The van der Waals surface area contributed by atoms with Crippen LogP contribution in [0.15, 0.2) is 72.8 Å². The van der Waals surface area contributed by atoms with Crippen LogP contribution in [0.25, 0.3) is 0 Å². The Balaban J connectivity index is 0.00000289. The summed E-state index contributed by atoms with van der Waals surface area (Å²) in [5, 5.41) is 21.8. The van der Waals surface area contributed by atoms with E-state index in [4.69, 9.17) is 9.47 Å². The molecule has 34 heavy (non-hydrogen) atoms. The second kappa shape index (κ2) is 15.3. The van der Waals surface area contributed by atoms with E-state index in [2.05, 4.69) is 23.7 Å². The summed E-state index contributed by atoms with van der Waals surface area (Å²) in [4.78, 5) is 21.8. The van der Waals surface area contributed by atoms with Crippen molar-refractivity contribution in [3.63, 3.8) is 0 Å². The molecule has 3 aromatic carbocycles. The molecule has 0 aromatic heterocycles. The van der Waals surface area contributed by atoms with Crippen molar-refractivity contribution in [2.75, 3.05) is 13.2 Å². The first-order chi connectivity index (χ1) is 15.5. The molecule has 0 heterocycles. The zero-order chi connectivity index (χ0) is 22.8. The van der Waals surface area contributed by atoms with E-state index < -0.39 is 25.2 Å². The Labute approximate surface area is 241 Å². The van der Waals surface area contributed by atoms with Gasteiger partial charge in [-0.25, -0.2) is 0 Å². The van der Waals surface area contributed by atoms with Crippen LogP contribution in [-0.4, -0.2) is 25.2 Å². The van der Waals surface area contributed by atoms with Gasteiger partial charge in [-0.05, 0) is 24.3 Å². The fraction of sp³-hybridized carbons (Fsp3) is 0.0769. The van der Waals surface area contributed by atoms with Gasteiger partial charge in [-0.2, -0.15) is 0 Å². The summed E-state index contributed by atoms with van der Waals surface area (Å²) < 4.78 is 10.7. The fourth-order valence-electron chi connectivity index (χ4n) is 2.59. The molecule has 0 radical (unpaired) electrons. The first-order valence-electron chi connectivity index (χ1n) is 9.49. The first kappa shape index (κ1) is 29.4. The molecule has 0 aliphatic rings. The number of carboxylic acid groups (broad SMARTS) is 2. The molecule has 0 saturated carbocycles. The van der Waals surface area contributed by atoms with Gasteiger partial charge in [0.2, 0.25) is 0 Å². The van der Waals surface area contributed by atoms with Crippen LogP contribution in [0.4, 0.5) is 0 Å². The summed E-state index contributed by atoms with van der Waals surface area (Å²) in [6.45, 7) is -1.38. The Morgan fingerprint density at radius 3 is 1.29 bits per heavy atom. The first-order valence-corrected chi connectivity index (χ1v) is 9.49. The normalized spacial score (nSPS) is 8.94. The molecule has 0 N–H and O–H groups in total. The van der Waals surface area contributed by atoms with Gasteiger partial charge in [0.1, 0.15) is 24.7 Å². The molecule has 0 fully saturated rings. The van der Waals surface area contributed by atoms with E-state index in [1.807, 2.05) is 60.7 Å². The van der Waals surface area contributed by atoms with Gasteiger partial charge in [0.25, 0.3) is 0 Å². The molecule has 0 atom stereocenters. The average molecular weight is 470 g/mol. The summed E-state index contributed by atoms with van der Waals surface area (Å²) in [7, 11) is 0. The number of rotatable bonds is 6. The second-order valence-corrected chi connectivity index (χ2v) is 6.40. The van der Waals surface area contributed by atoms with Crippen molar-refractivity contribution in [1.82, 2.24) is 0 Å². The number of hydrogen-bond donors (Lipinski definition) is 0. The predicted octanol–water partition coefficient (Wildman–Crippen LogP) is -5.25. The van der Waals surface area contributed by atoms with E-state index >= 15 is 0 Å². The summed E-state index contributed by atoms with van der Waals surface area (Å²) in [5.74, 6) is 9.19. The van der Waals surface area contributed by atoms with Gasteiger partial charge in [-0.3, -0.25) is 0 Å². The minimum atomic E-state index is -1.40. The number of carboxylic acids is 2. The van der Waals surface area contributed by atoms with Gasteiger partial charge in [-0.15, -0.1) is 0 Å². The molecule has 3 rings (SSSR count). The van der Waals surface area contributed by atoms with Crippen LogP contribution in [0, 0.1) is 23.7 Å². The van der Waals surface area contributed by atoms with E-state index in [1.165, 1.54) is 12.1 Å². The molecule has 6 nitrogen and oxygen atoms in total. The Kier molecular flexibility index (Phi) is 13.2. The Morgan fingerprint density at radius 2 is 0.971 bits per heavy atom. The zero-order valence-corrected chi connectivity index (χ0v) is 22.8. The maximum absolute atomic E-state index is 10.9. The Bertz CT molecular complexity index is 1140. The summed E-state index contributed by atoms with van der Waals surface area (Å²) in [6.07, 6.45) is 0. The number of hydrogen-bond acceptors (Lipinski definition) is 6. The minimum absolute atomic E-state index is 0. The predicted molar refractivity (Wildman–Crippen MR) is 112 cm³/mol. The van der Waals surface area contributed by atoms with Crippen LogP contribution in [0.3, 0.4) is 0 Å². The number of carbonyl (C=O) groups excluding carboxylic acids is 2. The van der Waals surface area contributed by atoms with Crippen LogP contribution in [-0.2, 0) is 9.59 Å². The quantitative estimate of drug-likeness (QED) is 0.264. The van der Waals surface area contributed by atoms with Crippen LogP contribution in [0.5, 0.6) is 11.5 Å². The maximum Gasteiger partial charge on any atom is 1.00 e. The van der Waals surface area contributed by atoms with E-state index in [9.17, 15) is 19.8 Å². The monoisotopic (exact) mass is 470 g/mol. The molecule has 0 amide bonds. The van der Waals surface area contributed by atoms with E-state index in [1.54, 1.807) is 0 Å².